The summed E-state index contributed by atoms with van der Waals surface area (Å²) >= 11 is 1.52. The second kappa shape index (κ2) is 3.90. The van der Waals surface area contributed by atoms with Crippen LogP contribution >= 0.6 is 11.3 Å². The van der Waals surface area contributed by atoms with E-state index in [1.54, 1.807) is 12.1 Å². The van der Waals surface area contributed by atoms with E-state index in [0.29, 0.717) is 12.4 Å². The molecule has 2 rings (SSSR count). The second-order valence-electron chi connectivity index (χ2n) is 3.04. The summed E-state index contributed by atoms with van der Waals surface area (Å²) in [7, 11) is 0. The van der Waals surface area contributed by atoms with Gasteiger partial charge in [0, 0.05) is 10.1 Å². The van der Waals surface area contributed by atoms with Gasteiger partial charge in [0.05, 0.1) is 12.2 Å². The SMILES string of the molecule is CCOc1cc(C(=O)O)cc2sccc12. The van der Waals surface area contributed by atoms with Gasteiger partial charge in [-0.3, -0.25) is 0 Å². The fraction of sp³-hybridized carbons (Fsp3) is 0.182. The van der Waals surface area contributed by atoms with Crippen LogP contribution in [0.25, 0.3) is 10.1 Å². The van der Waals surface area contributed by atoms with Crippen molar-refractivity contribution < 1.29 is 14.6 Å². The molecule has 3 nitrogen and oxygen atoms in total. The van der Waals surface area contributed by atoms with Crippen LogP contribution < -0.4 is 4.74 Å². The maximum Gasteiger partial charge on any atom is 0.335 e. The topological polar surface area (TPSA) is 46.5 Å². The van der Waals surface area contributed by atoms with E-state index in [9.17, 15) is 4.79 Å². The Balaban J connectivity index is 2.63. The van der Waals surface area contributed by atoms with Gasteiger partial charge in [0.15, 0.2) is 0 Å². The Morgan fingerprint density at radius 3 is 3.00 bits per heavy atom. The summed E-state index contributed by atoms with van der Waals surface area (Å²) in [6, 6.07) is 5.18. The zero-order valence-corrected chi connectivity index (χ0v) is 9.00. The van der Waals surface area contributed by atoms with Crippen LogP contribution in [-0.2, 0) is 0 Å². The molecule has 0 spiro atoms. The molecular weight excluding hydrogens is 212 g/mol. The van der Waals surface area contributed by atoms with Gasteiger partial charge in [-0.25, -0.2) is 4.79 Å². The molecule has 1 heterocycles. The highest BCUT2D eigenvalue weighted by molar-refractivity contribution is 7.17. The normalized spacial score (nSPS) is 10.5. The number of benzene rings is 1. The number of carboxylic acid groups (broad SMARTS) is 1. The molecule has 0 aliphatic heterocycles. The van der Waals surface area contributed by atoms with Crippen molar-refractivity contribution in [3.63, 3.8) is 0 Å². The molecule has 0 atom stereocenters. The number of thiophene rings is 1. The first-order chi connectivity index (χ1) is 7.22. The van der Waals surface area contributed by atoms with Gasteiger partial charge in [-0.1, -0.05) is 0 Å². The van der Waals surface area contributed by atoms with Crippen LogP contribution in [0, 0.1) is 0 Å². The van der Waals surface area contributed by atoms with Crippen molar-refractivity contribution >= 4 is 27.4 Å². The molecule has 0 amide bonds. The van der Waals surface area contributed by atoms with Gasteiger partial charge in [-0.2, -0.15) is 0 Å². The van der Waals surface area contributed by atoms with E-state index in [1.807, 2.05) is 18.4 Å². The number of fused-ring (bicyclic) bond motifs is 1. The molecular formula is C11H10O3S. The summed E-state index contributed by atoms with van der Waals surface area (Å²) in [5.74, 6) is -0.278. The maximum absolute atomic E-state index is 10.9. The van der Waals surface area contributed by atoms with Crippen LogP contribution in [0.5, 0.6) is 5.75 Å². The molecule has 0 radical (unpaired) electrons. The van der Waals surface area contributed by atoms with Crippen molar-refractivity contribution in [1.82, 2.24) is 0 Å². The molecule has 0 saturated carbocycles. The number of carbonyl (C=O) groups is 1. The van der Waals surface area contributed by atoms with Gasteiger partial charge in [0.2, 0.25) is 0 Å². The zero-order chi connectivity index (χ0) is 10.8. The molecule has 0 fully saturated rings. The van der Waals surface area contributed by atoms with Gasteiger partial charge >= 0.3 is 5.97 Å². The first-order valence-corrected chi connectivity index (χ1v) is 5.47. The number of aromatic carboxylic acids is 1. The van der Waals surface area contributed by atoms with Gasteiger partial charge in [-0.05, 0) is 30.5 Å². The molecule has 0 aliphatic carbocycles. The van der Waals surface area contributed by atoms with E-state index in [2.05, 4.69) is 0 Å². The lowest BCUT2D eigenvalue weighted by Crippen LogP contribution is -1.98. The van der Waals surface area contributed by atoms with Crippen LogP contribution in [0.2, 0.25) is 0 Å². The predicted molar refractivity (Wildman–Crippen MR) is 60.0 cm³/mol. The fourth-order valence-electron chi connectivity index (χ4n) is 1.44. The number of hydrogen-bond acceptors (Lipinski definition) is 3. The first-order valence-electron chi connectivity index (χ1n) is 4.59. The molecule has 1 aromatic heterocycles. The minimum absolute atomic E-state index is 0.272. The highest BCUT2D eigenvalue weighted by atomic mass is 32.1. The van der Waals surface area contributed by atoms with Gasteiger partial charge in [0.25, 0.3) is 0 Å². The smallest absolute Gasteiger partial charge is 0.335 e. The van der Waals surface area contributed by atoms with E-state index in [1.165, 1.54) is 11.3 Å². The average molecular weight is 222 g/mol. The van der Waals surface area contributed by atoms with Crippen molar-refractivity contribution in [3.8, 4) is 5.75 Å². The molecule has 2 aromatic rings. The van der Waals surface area contributed by atoms with Crippen LogP contribution in [0.4, 0.5) is 0 Å². The number of ether oxygens (including phenoxy) is 1. The number of rotatable bonds is 3. The second-order valence-corrected chi connectivity index (χ2v) is 3.99. The summed E-state index contributed by atoms with van der Waals surface area (Å²) in [5, 5.41) is 11.8. The lowest BCUT2D eigenvalue weighted by atomic mass is 10.1. The van der Waals surface area contributed by atoms with Crippen LogP contribution in [-0.4, -0.2) is 17.7 Å². The molecule has 4 heteroatoms. The predicted octanol–water partition coefficient (Wildman–Crippen LogP) is 3.00. The van der Waals surface area contributed by atoms with Crippen molar-refractivity contribution in [3.05, 3.63) is 29.1 Å². The highest BCUT2D eigenvalue weighted by Crippen LogP contribution is 2.31. The monoisotopic (exact) mass is 222 g/mol. The lowest BCUT2D eigenvalue weighted by molar-refractivity contribution is 0.0696. The Labute approximate surface area is 90.9 Å². The van der Waals surface area contributed by atoms with Gasteiger partial charge < -0.3 is 9.84 Å². The molecule has 15 heavy (non-hydrogen) atoms. The van der Waals surface area contributed by atoms with Crippen LogP contribution in [0.15, 0.2) is 23.6 Å². The third-order valence-electron chi connectivity index (χ3n) is 2.08. The molecule has 1 aromatic carbocycles. The molecule has 0 bridgehead atoms. The molecule has 0 unspecified atom stereocenters. The summed E-state index contributed by atoms with van der Waals surface area (Å²) in [4.78, 5) is 10.9. The summed E-state index contributed by atoms with van der Waals surface area (Å²) in [5.41, 5.74) is 0.272. The lowest BCUT2D eigenvalue weighted by Gasteiger charge is -2.05. The van der Waals surface area contributed by atoms with Gasteiger partial charge in [-0.15, -0.1) is 11.3 Å². The minimum Gasteiger partial charge on any atom is -0.493 e. The quantitative estimate of drug-likeness (QED) is 0.868. The Bertz CT molecular complexity index is 502. The third kappa shape index (κ3) is 1.80. The molecule has 1 N–H and O–H groups in total. The number of hydrogen-bond donors (Lipinski definition) is 1. The maximum atomic E-state index is 10.9. The van der Waals surface area contributed by atoms with Gasteiger partial charge in [0.1, 0.15) is 5.75 Å². The Morgan fingerprint density at radius 2 is 2.33 bits per heavy atom. The molecule has 0 aliphatic rings. The van der Waals surface area contributed by atoms with Crippen molar-refractivity contribution in [2.24, 2.45) is 0 Å². The molecule has 0 saturated heterocycles. The average Bonchev–Trinajstić information content (AvgIpc) is 2.65. The Kier molecular flexibility index (Phi) is 2.60. The highest BCUT2D eigenvalue weighted by Gasteiger charge is 2.10. The zero-order valence-electron chi connectivity index (χ0n) is 8.19. The van der Waals surface area contributed by atoms with Crippen LogP contribution in [0.3, 0.4) is 0 Å². The van der Waals surface area contributed by atoms with E-state index in [4.69, 9.17) is 9.84 Å². The summed E-state index contributed by atoms with van der Waals surface area (Å²) in [6.07, 6.45) is 0. The van der Waals surface area contributed by atoms with Crippen molar-refractivity contribution in [2.45, 2.75) is 6.92 Å². The minimum atomic E-state index is -0.925. The van der Waals surface area contributed by atoms with E-state index < -0.39 is 5.97 Å². The fourth-order valence-corrected chi connectivity index (χ4v) is 2.28. The Hall–Kier alpha value is -1.55. The van der Waals surface area contributed by atoms with Crippen molar-refractivity contribution in [2.75, 3.05) is 6.61 Å². The van der Waals surface area contributed by atoms with Crippen LogP contribution in [0.1, 0.15) is 17.3 Å². The summed E-state index contributed by atoms with van der Waals surface area (Å²) in [6.45, 7) is 2.42. The van der Waals surface area contributed by atoms with E-state index in [0.717, 1.165) is 10.1 Å². The third-order valence-corrected chi connectivity index (χ3v) is 2.94. The van der Waals surface area contributed by atoms with Crippen molar-refractivity contribution in [1.29, 1.82) is 0 Å². The molecule has 78 valence electrons. The summed E-state index contributed by atoms with van der Waals surface area (Å²) < 4.78 is 6.35. The largest absolute Gasteiger partial charge is 0.493 e. The van der Waals surface area contributed by atoms with E-state index in [-0.39, 0.29) is 5.56 Å². The first kappa shape index (κ1) is 9.98. The van der Waals surface area contributed by atoms with E-state index >= 15 is 0 Å². The standard InChI is InChI=1S/C11H10O3S/c1-2-14-9-5-7(11(12)13)6-10-8(9)3-4-15-10/h3-6H,2H2,1H3,(H,12,13). The number of carboxylic acids is 1. The Morgan fingerprint density at radius 1 is 1.53 bits per heavy atom.